The highest BCUT2D eigenvalue weighted by Crippen LogP contribution is 2.50. The number of benzene rings is 3. The lowest BCUT2D eigenvalue weighted by Gasteiger charge is -2.55. The van der Waals surface area contributed by atoms with Gasteiger partial charge in [0.15, 0.2) is 0 Å². The summed E-state index contributed by atoms with van der Waals surface area (Å²) in [5.41, 5.74) is 1.74. The molecule has 190 valence electrons. The molecule has 0 saturated carbocycles. The van der Waals surface area contributed by atoms with E-state index in [1.54, 1.807) is 0 Å². The minimum Gasteiger partial charge on any atom is -0.444 e. The van der Waals surface area contributed by atoms with Crippen molar-refractivity contribution in [2.45, 2.75) is 62.8 Å². The first-order chi connectivity index (χ1) is 17.8. The number of likely N-dealkylation sites (tertiary alicyclic amines) is 1. The van der Waals surface area contributed by atoms with E-state index in [1.807, 2.05) is 43.9 Å². The Labute approximate surface area is 220 Å². The fourth-order valence-electron chi connectivity index (χ4n) is 6.45. The molecule has 2 bridgehead atoms. The van der Waals surface area contributed by atoms with Crippen LogP contribution in [0.4, 0.5) is 4.79 Å². The summed E-state index contributed by atoms with van der Waals surface area (Å²) in [5.74, 6) is 0. The Morgan fingerprint density at radius 2 is 1.41 bits per heavy atom. The molecule has 5 heteroatoms. The van der Waals surface area contributed by atoms with E-state index in [4.69, 9.17) is 4.74 Å². The van der Waals surface area contributed by atoms with Crippen LogP contribution < -0.4 is 0 Å². The first-order valence-electron chi connectivity index (χ1n) is 13.1. The quantitative estimate of drug-likeness (QED) is 0.389. The molecule has 5 nitrogen and oxygen atoms in total. The van der Waals surface area contributed by atoms with Crippen molar-refractivity contribution in [2.24, 2.45) is 0 Å². The lowest BCUT2D eigenvalue weighted by Crippen LogP contribution is -2.67. The molecule has 2 heterocycles. The van der Waals surface area contributed by atoms with Crippen LogP contribution in [0, 0.1) is 11.3 Å². The van der Waals surface area contributed by atoms with Crippen molar-refractivity contribution in [3.05, 3.63) is 108 Å². The standard InChI is InChI=1S/C32H35N3O2/c1-30(2,3)37-29(36)35-28-19-20-31(35,21-22-33)24-34(23-28)32(25-13-7-4-8-14-25,26-15-9-5-10-16-26)27-17-11-6-12-18-27/h4-18,28H,19-21,23-24H2,1-3H3. The number of hydrogen-bond acceptors (Lipinski definition) is 4. The van der Waals surface area contributed by atoms with Crippen molar-refractivity contribution >= 4 is 6.09 Å². The van der Waals surface area contributed by atoms with Crippen molar-refractivity contribution in [1.82, 2.24) is 9.80 Å². The molecule has 2 fully saturated rings. The number of nitrogens with zero attached hydrogens (tertiary/aromatic N) is 3. The van der Waals surface area contributed by atoms with Crippen LogP contribution >= 0.6 is 0 Å². The zero-order valence-corrected chi connectivity index (χ0v) is 21.9. The summed E-state index contributed by atoms with van der Waals surface area (Å²) in [6.07, 6.45) is 1.60. The van der Waals surface area contributed by atoms with E-state index >= 15 is 0 Å². The van der Waals surface area contributed by atoms with Crippen molar-refractivity contribution in [3.63, 3.8) is 0 Å². The molecule has 2 saturated heterocycles. The van der Waals surface area contributed by atoms with Gasteiger partial charge in [0.1, 0.15) is 5.60 Å². The third-order valence-electron chi connectivity index (χ3n) is 7.78. The van der Waals surface area contributed by atoms with Crippen LogP contribution in [0.2, 0.25) is 0 Å². The van der Waals surface area contributed by atoms with Gasteiger partial charge in [-0.1, -0.05) is 91.0 Å². The van der Waals surface area contributed by atoms with Gasteiger partial charge >= 0.3 is 6.09 Å². The van der Waals surface area contributed by atoms with E-state index < -0.39 is 16.7 Å². The molecule has 0 aromatic heterocycles. The topological polar surface area (TPSA) is 56.6 Å². The highest BCUT2D eigenvalue weighted by molar-refractivity contribution is 5.71. The second-order valence-corrected chi connectivity index (χ2v) is 11.3. The average Bonchev–Trinajstić information content (AvgIpc) is 3.12. The minimum atomic E-state index is -0.608. The number of piperazine rings is 1. The van der Waals surface area contributed by atoms with Crippen LogP contribution in [0.5, 0.6) is 0 Å². The van der Waals surface area contributed by atoms with Gasteiger partial charge in [0.2, 0.25) is 0 Å². The zero-order chi connectivity index (χ0) is 26.1. The number of amides is 1. The van der Waals surface area contributed by atoms with Gasteiger partial charge < -0.3 is 4.74 Å². The van der Waals surface area contributed by atoms with E-state index in [0.29, 0.717) is 13.1 Å². The molecule has 0 spiro atoms. The average molecular weight is 494 g/mol. The van der Waals surface area contributed by atoms with Crippen LogP contribution in [0.3, 0.4) is 0 Å². The Hall–Kier alpha value is -3.62. The smallest absolute Gasteiger partial charge is 0.411 e. The SMILES string of the molecule is CC(C)(C)OC(=O)N1C2CCC1(CC#N)CN(C(c1ccccc1)(c1ccccc1)c1ccccc1)C2. The Bertz CT molecular complexity index is 1170. The van der Waals surface area contributed by atoms with Gasteiger partial charge in [-0.3, -0.25) is 9.80 Å². The van der Waals surface area contributed by atoms with Crippen molar-refractivity contribution < 1.29 is 9.53 Å². The number of carbonyl (C=O) groups is 1. The molecule has 0 aliphatic carbocycles. The highest BCUT2D eigenvalue weighted by Gasteiger charge is 2.58. The summed E-state index contributed by atoms with van der Waals surface area (Å²) < 4.78 is 5.86. The third-order valence-corrected chi connectivity index (χ3v) is 7.78. The summed E-state index contributed by atoms with van der Waals surface area (Å²) in [7, 11) is 0. The Kier molecular flexibility index (Phi) is 6.56. The number of hydrogen-bond donors (Lipinski definition) is 0. The zero-order valence-electron chi connectivity index (χ0n) is 21.9. The molecule has 0 radical (unpaired) electrons. The fraction of sp³-hybridized carbons (Fsp3) is 0.375. The van der Waals surface area contributed by atoms with Gasteiger partial charge in [0, 0.05) is 19.1 Å². The third kappa shape index (κ3) is 4.40. The first-order valence-corrected chi connectivity index (χ1v) is 13.1. The van der Waals surface area contributed by atoms with Gasteiger partial charge in [-0.25, -0.2) is 4.79 Å². The Morgan fingerprint density at radius 1 is 0.919 bits per heavy atom. The van der Waals surface area contributed by atoms with Crippen LogP contribution in [-0.4, -0.2) is 46.2 Å². The van der Waals surface area contributed by atoms with Crippen LogP contribution in [0.1, 0.15) is 56.7 Å². The molecule has 3 aromatic rings. The molecule has 5 rings (SSSR count). The Morgan fingerprint density at radius 3 is 1.84 bits per heavy atom. The van der Waals surface area contributed by atoms with Gasteiger partial charge in [0.25, 0.3) is 0 Å². The predicted octanol–water partition coefficient (Wildman–Crippen LogP) is 6.35. The van der Waals surface area contributed by atoms with Gasteiger partial charge in [0.05, 0.1) is 23.6 Å². The van der Waals surface area contributed by atoms with Crippen LogP contribution in [0.15, 0.2) is 91.0 Å². The summed E-state index contributed by atoms with van der Waals surface area (Å²) in [4.78, 5) is 17.9. The molecule has 0 N–H and O–H groups in total. The molecular weight excluding hydrogens is 458 g/mol. The summed E-state index contributed by atoms with van der Waals surface area (Å²) in [6.45, 7) is 6.95. The van der Waals surface area contributed by atoms with Gasteiger partial charge in [-0.05, 0) is 50.3 Å². The van der Waals surface area contributed by atoms with E-state index in [-0.39, 0.29) is 18.6 Å². The van der Waals surface area contributed by atoms with Crippen molar-refractivity contribution in [2.75, 3.05) is 13.1 Å². The highest BCUT2D eigenvalue weighted by atomic mass is 16.6. The Balaban J connectivity index is 1.69. The normalized spacial score (nSPS) is 21.9. The van der Waals surface area contributed by atoms with E-state index in [0.717, 1.165) is 12.8 Å². The predicted molar refractivity (Wildman–Crippen MR) is 145 cm³/mol. The molecule has 3 aromatic carbocycles. The summed E-state index contributed by atoms with van der Waals surface area (Å²) in [5, 5.41) is 9.96. The summed E-state index contributed by atoms with van der Waals surface area (Å²) >= 11 is 0. The maximum Gasteiger partial charge on any atom is 0.411 e. The van der Waals surface area contributed by atoms with Crippen LogP contribution in [-0.2, 0) is 10.3 Å². The lowest BCUT2D eigenvalue weighted by molar-refractivity contribution is -0.0476. The van der Waals surface area contributed by atoms with Crippen LogP contribution in [0.25, 0.3) is 0 Å². The monoisotopic (exact) mass is 493 g/mol. The lowest BCUT2D eigenvalue weighted by atomic mass is 9.74. The number of fused-ring (bicyclic) bond motifs is 2. The van der Waals surface area contributed by atoms with Crippen molar-refractivity contribution in [3.8, 4) is 6.07 Å². The number of ether oxygens (including phenoxy) is 1. The number of rotatable bonds is 5. The van der Waals surface area contributed by atoms with Gasteiger partial charge in [-0.2, -0.15) is 5.26 Å². The second kappa shape index (κ2) is 9.68. The molecule has 2 unspecified atom stereocenters. The van der Waals surface area contributed by atoms with E-state index in [9.17, 15) is 10.1 Å². The maximum absolute atomic E-state index is 13.5. The molecule has 37 heavy (non-hydrogen) atoms. The molecular formula is C32H35N3O2. The summed E-state index contributed by atoms with van der Waals surface area (Å²) in [6, 6.07) is 34.2. The second-order valence-electron chi connectivity index (χ2n) is 11.3. The largest absolute Gasteiger partial charge is 0.444 e. The minimum absolute atomic E-state index is 0.0348. The molecule has 2 aliphatic rings. The fourth-order valence-corrected chi connectivity index (χ4v) is 6.45. The van der Waals surface area contributed by atoms with E-state index in [2.05, 4.69) is 83.8 Å². The molecule has 2 atom stereocenters. The van der Waals surface area contributed by atoms with Gasteiger partial charge in [-0.15, -0.1) is 0 Å². The number of carbonyl (C=O) groups excluding carboxylic acids is 1. The molecule has 2 aliphatic heterocycles. The maximum atomic E-state index is 13.5. The van der Waals surface area contributed by atoms with Crippen molar-refractivity contribution in [1.29, 1.82) is 5.26 Å². The van der Waals surface area contributed by atoms with E-state index in [1.165, 1.54) is 16.7 Å². The first kappa shape index (κ1) is 25.0. The molecule has 1 amide bonds. The number of nitriles is 1.